The van der Waals surface area contributed by atoms with Gasteiger partial charge in [-0.25, -0.2) is 9.36 Å². The minimum absolute atomic E-state index is 0.101. The summed E-state index contributed by atoms with van der Waals surface area (Å²) in [5, 5.41) is 10.2. The molecule has 0 amide bonds. The van der Waals surface area contributed by atoms with E-state index in [-0.39, 0.29) is 5.75 Å². The Morgan fingerprint density at radius 1 is 0.900 bits per heavy atom. The molecule has 0 aliphatic rings. The first kappa shape index (κ1) is 19.5. The molecule has 0 unspecified atom stereocenters. The second kappa shape index (κ2) is 8.27. The third-order valence-electron chi connectivity index (χ3n) is 4.60. The second-order valence-electron chi connectivity index (χ2n) is 6.61. The van der Waals surface area contributed by atoms with E-state index in [0.29, 0.717) is 22.0 Å². The Kier molecular flexibility index (Phi) is 5.37. The predicted molar refractivity (Wildman–Crippen MR) is 118 cm³/mol. The maximum atomic E-state index is 13.1. The van der Waals surface area contributed by atoms with Crippen molar-refractivity contribution in [1.29, 1.82) is 0 Å². The standard InChI is InChI=1S/C24H17ClN2O3/c25-19-11-6-17(7-12-19)8-15-23(29)27-22(18-9-13-21(28)14-10-18)16-26(24(27)30)20-4-2-1-3-5-20/h1-16,28H/b15-8+. The normalized spacial score (nSPS) is 11.1. The van der Waals surface area contributed by atoms with E-state index in [1.165, 1.54) is 22.8 Å². The summed E-state index contributed by atoms with van der Waals surface area (Å²) in [6.07, 6.45) is 4.60. The number of benzene rings is 3. The molecular weight excluding hydrogens is 400 g/mol. The fraction of sp³-hybridized carbons (Fsp3) is 0. The summed E-state index contributed by atoms with van der Waals surface area (Å²) in [5.74, 6) is -0.378. The van der Waals surface area contributed by atoms with Crippen LogP contribution in [0.4, 0.5) is 0 Å². The zero-order valence-corrected chi connectivity index (χ0v) is 16.5. The molecule has 0 spiro atoms. The molecule has 4 aromatic rings. The molecule has 148 valence electrons. The monoisotopic (exact) mass is 416 g/mol. The number of aromatic nitrogens is 2. The van der Waals surface area contributed by atoms with Crippen molar-refractivity contribution in [1.82, 2.24) is 9.13 Å². The van der Waals surface area contributed by atoms with Crippen molar-refractivity contribution in [3.8, 4) is 22.7 Å². The minimum Gasteiger partial charge on any atom is -0.508 e. The summed E-state index contributed by atoms with van der Waals surface area (Å²) < 4.78 is 2.54. The summed E-state index contributed by atoms with van der Waals surface area (Å²) in [7, 11) is 0. The van der Waals surface area contributed by atoms with Gasteiger partial charge in [-0.1, -0.05) is 41.9 Å². The number of imidazole rings is 1. The first-order valence-electron chi connectivity index (χ1n) is 9.20. The van der Waals surface area contributed by atoms with Gasteiger partial charge in [0.1, 0.15) is 5.75 Å². The van der Waals surface area contributed by atoms with Crippen LogP contribution < -0.4 is 5.69 Å². The summed E-state index contributed by atoms with van der Waals surface area (Å²) in [4.78, 5) is 26.1. The number of para-hydroxylation sites is 1. The van der Waals surface area contributed by atoms with Crippen LogP contribution in [-0.2, 0) is 0 Å². The van der Waals surface area contributed by atoms with Crippen molar-refractivity contribution in [3.05, 3.63) is 112 Å². The lowest BCUT2D eigenvalue weighted by Gasteiger charge is -2.04. The number of phenols is 1. The molecule has 3 aromatic carbocycles. The van der Waals surface area contributed by atoms with Gasteiger partial charge >= 0.3 is 5.69 Å². The quantitative estimate of drug-likeness (QED) is 0.475. The number of halogens is 1. The van der Waals surface area contributed by atoms with E-state index in [9.17, 15) is 14.7 Å². The number of hydrogen-bond donors (Lipinski definition) is 1. The van der Waals surface area contributed by atoms with E-state index >= 15 is 0 Å². The van der Waals surface area contributed by atoms with E-state index in [0.717, 1.165) is 10.1 Å². The molecule has 0 aliphatic heterocycles. The zero-order chi connectivity index (χ0) is 21.1. The Bertz CT molecular complexity index is 1270. The number of carbonyl (C=O) groups excluding carboxylic acids is 1. The largest absolute Gasteiger partial charge is 0.508 e. The molecular formula is C24H17ClN2O3. The molecule has 0 saturated carbocycles. The zero-order valence-electron chi connectivity index (χ0n) is 15.8. The maximum absolute atomic E-state index is 13.1. The third kappa shape index (κ3) is 3.97. The summed E-state index contributed by atoms with van der Waals surface area (Å²) in [6.45, 7) is 0. The van der Waals surface area contributed by atoms with Crippen molar-refractivity contribution in [2.75, 3.05) is 0 Å². The van der Waals surface area contributed by atoms with Gasteiger partial charge in [-0.15, -0.1) is 0 Å². The van der Waals surface area contributed by atoms with Gasteiger partial charge in [0.15, 0.2) is 0 Å². The first-order valence-corrected chi connectivity index (χ1v) is 9.58. The third-order valence-corrected chi connectivity index (χ3v) is 4.85. The summed E-state index contributed by atoms with van der Waals surface area (Å²) >= 11 is 5.89. The van der Waals surface area contributed by atoms with Crippen molar-refractivity contribution < 1.29 is 9.90 Å². The highest BCUT2D eigenvalue weighted by molar-refractivity contribution is 6.30. The van der Waals surface area contributed by atoms with Gasteiger partial charge in [0.2, 0.25) is 0 Å². The van der Waals surface area contributed by atoms with E-state index in [2.05, 4.69) is 0 Å². The molecule has 6 heteroatoms. The van der Waals surface area contributed by atoms with E-state index in [1.54, 1.807) is 60.8 Å². The van der Waals surface area contributed by atoms with Crippen LogP contribution in [0.15, 0.2) is 95.9 Å². The molecule has 1 N–H and O–H groups in total. The van der Waals surface area contributed by atoms with Crippen LogP contribution in [0.5, 0.6) is 5.75 Å². The number of phenolic OH excluding ortho intramolecular Hbond substituents is 1. The fourth-order valence-electron chi connectivity index (χ4n) is 3.08. The average molecular weight is 417 g/mol. The fourth-order valence-corrected chi connectivity index (χ4v) is 3.21. The molecule has 1 aromatic heterocycles. The van der Waals surface area contributed by atoms with Gasteiger partial charge in [0.05, 0.1) is 11.4 Å². The van der Waals surface area contributed by atoms with Crippen LogP contribution in [0.1, 0.15) is 10.4 Å². The number of carbonyl (C=O) groups is 1. The Balaban J connectivity index is 1.81. The molecule has 0 bridgehead atoms. The van der Waals surface area contributed by atoms with Gasteiger partial charge in [-0.2, -0.15) is 0 Å². The molecule has 1 heterocycles. The van der Waals surface area contributed by atoms with E-state index in [1.807, 2.05) is 18.2 Å². The molecule has 0 fully saturated rings. The molecule has 0 saturated heterocycles. The van der Waals surface area contributed by atoms with Crippen LogP contribution in [0, 0.1) is 0 Å². The average Bonchev–Trinajstić information content (AvgIpc) is 3.11. The Morgan fingerprint density at radius 2 is 1.57 bits per heavy atom. The number of nitrogens with zero attached hydrogens (tertiary/aromatic N) is 2. The van der Waals surface area contributed by atoms with Crippen molar-refractivity contribution in [3.63, 3.8) is 0 Å². The Labute approximate surface area is 177 Å². The number of hydrogen-bond acceptors (Lipinski definition) is 3. The highest BCUT2D eigenvalue weighted by Crippen LogP contribution is 2.23. The molecule has 4 rings (SSSR count). The van der Waals surface area contributed by atoms with Gasteiger partial charge in [0, 0.05) is 22.9 Å². The predicted octanol–water partition coefficient (Wildman–Crippen LogP) is 5.02. The summed E-state index contributed by atoms with van der Waals surface area (Å²) in [5.41, 5.74) is 2.02. The van der Waals surface area contributed by atoms with Crippen molar-refractivity contribution >= 4 is 23.6 Å². The minimum atomic E-state index is -0.479. The second-order valence-corrected chi connectivity index (χ2v) is 7.04. The number of rotatable bonds is 4. The van der Waals surface area contributed by atoms with Crippen LogP contribution in [0.2, 0.25) is 5.02 Å². The van der Waals surface area contributed by atoms with Crippen molar-refractivity contribution in [2.24, 2.45) is 0 Å². The topological polar surface area (TPSA) is 64.2 Å². The highest BCUT2D eigenvalue weighted by Gasteiger charge is 2.18. The summed E-state index contributed by atoms with van der Waals surface area (Å²) in [6, 6.07) is 22.4. The molecule has 0 aliphatic carbocycles. The van der Waals surface area contributed by atoms with Gasteiger partial charge in [-0.05, 0) is 60.2 Å². The first-order chi connectivity index (χ1) is 14.5. The van der Waals surface area contributed by atoms with Crippen molar-refractivity contribution in [2.45, 2.75) is 0 Å². The van der Waals surface area contributed by atoms with Gasteiger partial charge in [-0.3, -0.25) is 9.36 Å². The molecule has 5 nitrogen and oxygen atoms in total. The van der Waals surface area contributed by atoms with Crippen LogP contribution in [-0.4, -0.2) is 20.1 Å². The molecule has 30 heavy (non-hydrogen) atoms. The number of aromatic hydroxyl groups is 1. The molecule has 0 atom stereocenters. The lowest BCUT2D eigenvalue weighted by Crippen LogP contribution is -2.27. The van der Waals surface area contributed by atoms with Crippen LogP contribution in [0.3, 0.4) is 0 Å². The van der Waals surface area contributed by atoms with E-state index in [4.69, 9.17) is 11.6 Å². The lowest BCUT2D eigenvalue weighted by atomic mass is 10.1. The Hall–Kier alpha value is -3.83. The van der Waals surface area contributed by atoms with Crippen LogP contribution >= 0.6 is 11.6 Å². The highest BCUT2D eigenvalue weighted by atomic mass is 35.5. The smallest absolute Gasteiger partial charge is 0.340 e. The Morgan fingerprint density at radius 3 is 2.23 bits per heavy atom. The van der Waals surface area contributed by atoms with Crippen LogP contribution in [0.25, 0.3) is 23.0 Å². The van der Waals surface area contributed by atoms with E-state index < -0.39 is 11.6 Å². The molecule has 0 radical (unpaired) electrons. The lowest BCUT2D eigenvalue weighted by molar-refractivity contribution is 0.0967. The maximum Gasteiger partial charge on any atom is 0.340 e. The number of allylic oxidation sites excluding steroid dienone is 1. The SMILES string of the molecule is O=C(/C=C/c1ccc(Cl)cc1)n1c(-c2ccc(O)cc2)cn(-c2ccccc2)c1=O. The van der Waals surface area contributed by atoms with Gasteiger partial charge < -0.3 is 5.11 Å². The van der Waals surface area contributed by atoms with Gasteiger partial charge in [0.25, 0.3) is 5.91 Å².